The number of carbonyl (C=O) groups is 1. The van der Waals surface area contributed by atoms with Gasteiger partial charge < -0.3 is 9.47 Å². The van der Waals surface area contributed by atoms with Gasteiger partial charge in [-0.2, -0.15) is 0 Å². The van der Waals surface area contributed by atoms with Crippen molar-refractivity contribution in [3.8, 4) is 5.75 Å². The monoisotopic (exact) mass is 746 g/mol. The number of esters is 1. The van der Waals surface area contributed by atoms with Crippen LogP contribution in [0.15, 0.2) is 121 Å². The molecule has 0 fully saturated rings. The highest BCUT2D eigenvalue weighted by Crippen LogP contribution is 2.36. The van der Waals surface area contributed by atoms with Crippen LogP contribution >= 0.6 is 43.2 Å². The molecule has 10 heteroatoms. The number of carbonyl (C=O) groups excluding carboxylic acids is 1. The maximum atomic E-state index is 14.3. The molecule has 0 bridgehead atoms. The van der Waals surface area contributed by atoms with E-state index in [1.54, 1.807) is 25.1 Å². The molecule has 0 N–H and O–H groups in total. The van der Waals surface area contributed by atoms with E-state index in [-0.39, 0.29) is 17.7 Å². The Morgan fingerprint density at radius 3 is 2.38 bits per heavy atom. The van der Waals surface area contributed by atoms with Crippen LogP contribution in [0.2, 0.25) is 0 Å². The lowest BCUT2D eigenvalue weighted by Gasteiger charge is -2.25. The molecule has 1 aliphatic heterocycles. The molecule has 6 rings (SSSR count). The van der Waals surface area contributed by atoms with Crippen LogP contribution in [0, 0.1) is 5.82 Å². The van der Waals surface area contributed by atoms with Gasteiger partial charge in [-0.05, 0) is 64.3 Å². The van der Waals surface area contributed by atoms with Crippen LogP contribution in [0.3, 0.4) is 0 Å². The molecule has 1 aliphatic rings. The van der Waals surface area contributed by atoms with Gasteiger partial charge in [0.1, 0.15) is 18.2 Å². The Morgan fingerprint density at radius 2 is 1.69 bits per heavy atom. The lowest BCUT2D eigenvalue weighted by molar-refractivity contribution is -0.138. The molecule has 1 atom stereocenters. The van der Waals surface area contributed by atoms with Crippen LogP contribution in [0.25, 0.3) is 11.8 Å². The van der Waals surface area contributed by atoms with Gasteiger partial charge in [0, 0.05) is 15.6 Å². The SMILES string of the molecule is CCOC(=O)C1=C(c2ccccc2)N=c2s/c(=C\c3cc(Br)cc(Br)c3OCc3ccccc3)c(=O)n2[C@H]1c1ccc(F)cc1. The normalized spacial score (nSPS) is 14.6. The van der Waals surface area contributed by atoms with Gasteiger partial charge in [0.25, 0.3) is 5.56 Å². The van der Waals surface area contributed by atoms with Crippen molar-refractivity contribution in [2.24, 2.45) is 4.99 Å². The minimum absolute atomic E-state index is 0.133. The second-order valence-corrected chi connectivity index (χ2v) is 12.8. The molecule has 1 aromatic heterocycles. The van der Waals surface area contributed by atoms with Crippen LogP contribution in [0.1, 0.15) is 35.2 Å². The summed E-state index contributed by atoms with van der Waals surface area (Å²) in [5, 5.41) is 0. The van der Waals surface area contributed by atoms with Crippen LogP contribution in [-0.2, 0) is 16.1 Å². The Kier molecular flexibility index (Phi) is 9.25. The first-order valence-corrected chi connectivity index (χ1v) is 16.4. The van der Waals surface area contributed by atoms with Gasteiger partial charge in [-0.1, -0.05) is 100 Å². The van der Waals surface area contributed by atoms with Gasteiger partial charge in [-0.3, -0.25) is 9.36 Å². The second-order valence-electron chi connectivity index (χ2n) is 10.1. The quantitative estimate of drug-likeness (QED) is 0.158. The summed E-state index contributed by atoms with van der Waals surface area (Å²) in [6.07, 6.45) is 1.76. The maximum absolute atomic E-state index is 14.3. The van der Waals surface area contributed by atoms with Crippen molar-refractivity contribution in [3.05, 3.63) is 159 Å². The summed E-state index contributed by atoms with van der Waals surface area (Å²) in [7, 11) is 0. The zero-order valence-electron chi connectivity index (χ0n) is 23.9. The topological polar surface area (TPSA) is 69.9 Å². The average Bonchev–Trinajstić information content (AvgIpc) is 3.35. The van der Waals surface area contributed by atoms with Gasteiger partial charge >= 0.3 is 5.97 Å². The van der Waals surface area contributed by atoms with Gasteiger partial charge in [0.15, 0.2) is 4.80 Å². The van der Waals surface area contributed by atoms with Crippen molar-refractivity contribution in [2.75, 3.05) is 6.61 Å². The molecular formula is C35H25Br2FN2O4S. The van der Waals surface area contributed by atoms with E-state index in [9.17, 15) is 14.0 Å². The highest BCUT2D eigenvalue weighted by Gasteiger charge is 2.35. The molecule has 0 amide bonds. The van der Waals surface area contributed by atoms with Crippen LogP contribution in [-0.4, -0.2) is 17.1 Å². The number of fused-ring (bicyclic) bond motifs is 1. The van der Waals surface area contributed by atoms with E-state index >= 15 is 0 Å². The maximum Gasteiger partial charge on any atom is 0.338 e. The number of rotatable bonds is 8. The van der Waals surface area contributed by atoms with Crippen LogP contribution in [0.5, 0.6) is 5.75 Å². The first kappa shape index (κ1) is 30.9. The van der Waals surface area contributed by atoms with Crippen molar-refractivity contribution >= 4 is 60.9 Å². The average molecular weight is 748 g/mol. The number of aromatic nitrogens is 1. The highest BCUT2D eigenvalue weighted by atomic mass is 79.9. The van der Waals surface area contributed by atoms with E-state index in [2.05, 4.69) is 31.9 Å². The molecule has 226 valence electrons. The fourth-order valence-corrected chi connectivity index (χ4v) is 7.48. The number of ether oxygens (including phenoxy) is 2. The molecular weight excluding hydrogens is 723 g/mol. The van der Waals surface area contributed by atoms with Crippen LogP contribution in [0.4, 0.5) is 4.39 Å². The van der Waals surface area contributed by atoms with Crippen molar-refractivity contribution in [3.63, 3.8) is 0 Å². The number of hydrogen-bond acceptors (Lipinski definition) is 6. The number of benzene rings is 4. The minimum Gasteiger partial charge on any atom is -0.487 e. The third-order valence-corrected chi connectivity index (χ3v) is 9.14. The predicted octanol–water partition coefficient (Wildman–Crippen LogP) is 7.18. The molecule has 45 heavy (non-hydrogen) atoms. The van der Waals surface area contributed by atoms with E-state index in [4.69, 9.17) is 14.5 Å². The minimum atomic E-state index is -0.902. The fraction of sp³-hybridized carbons (Fsp3) is 0.114. The largest absolute Gasteiger partial charge is 0.487 e. The molecule has 0 radical (unpaired) electrons. The summed E-state index contributed by atoms with van der Waals surface area (Å²) in [6.45, 7) is 2.18. The van der Waals surface area contributed by atoms with E-state index < -0.39 is 17.8 Å². The van der Waals surface area contributed by atoms with Crippen molar-refractivity contribution in [1.82, 2.24) is 4.57 Å². The summed E-state index contributed by atoms with van der Waals surface area (Å²) in [5.74, 6) is -0.462. The number of hydrogen-bond donors (Lipinski definition) is 0. The Hall–Kier alpha value is -4.12. The van der Waals surface area contributed by atoms with Gasteiger partial charge in [-0.25, -0.2) is 14.2 Å². The Bertz CT molecular complexity index is 2090. The van der Waals surface area contributed by atoms with Crippen molar-refractivity contribution < 1.29 is 18.7 Å². The number of nitrogens with zero attached hydrogens (tertiary/aromatic N) is 2. The van der Waals surface area contributed by atoms with Crippen LogP contribution < -0.4 is 19.6 Å². The lowest BCUT2D eigenvalue weighted by atomic mass is 9.93. The summed E-state index contributed by atoms with van der Waals surface area (Å²) < 4.78 is 29.2. The molecule has 0 saturated heterocycles. The third kappa shape index (κ3) is 6.49. The van der Waals surface area contributed by atoms with E-state index in [1.165, 1.54) is 28.0 Å². The zero-order chi connectivity index (χ0) is 31.5. The van der Waals surface area contributed by atoms with Gasteiger partial charge in [0.05, 0.1) is 32.9 Å². The van der Waals surface area contributed by atoms with Crippen molar-refractivity contribution in [2.45, 2.75) is 19.6 Å². The lowest BCUT2D eigenvalue weighted by Crippen LogP contribution is -2.40. The second kappa shape index (κ2) is 13.5. The fourth-order valence-electron chi connectivity index (χ4n) is 5.11. The number of thiazole rings is 1. The van der Waals surface area contributed by atoms with E-state index in [1.807, 2.05) is 72.8 Å². The smallest absolute Gasteiger partial charge is 0.338 e. The predicted molar refractivity (Wildman–Crippen MR) is 180 cm³/mol. The number of halogens is 3. The highest BCUT2D eigenvalue weighted by molar-refractivity contribution is 9.11. The molecule has 4 aromatic carbocycles. The molecule has 0 saturated carbocycles. The van der Waals surface area contributed by atoms with E-state index in [0.717, 1.165) is 10.0 Å². The molecule has 0 aliphatic carbocycles. The standard InChI is InChI=1S/C35H25Br2FN2O4S/c1-2-43-34(42)29-30(22-11-7-4-8-12-22)39-35-40(31(29)23-13-15-26(38)16-14-23)33(41)28(45-35)18-24-17-25(36)19-27(37)32(24)44-20-21-9-5-3-6-10-21/h3-19,31H,2,20H2,1H3/b28-18-/t31-/m0/s1. The summed E-state index contributed by atoms with van der Waals surface area (Å²) >= 11 is 8.37. The molecule has 2 heterocycles. The summed E-state index contributed by atoms with van der Waals surface area (Å²) in [6, 6.07) is 27.7. The molecule has 5 aromatic rings. The molecule has 0 unspecified atom stereocenters. The van der Waals surface area contributed by atoms with E-state index in [0.29, 0.717) is 48.6 Å². The first-order chi connectivity index (χ1) is 21.8. The Balaban J connectivity index is 1.57. The Labute approximate surface area is 279 Å². The van der Waals surface area contributed by atoms with Gasteiger partial charge in [-0.15, -0.1) is 0 Å². The molecule has 6 nitrogen and oxygen atoms in total. The first-order valence-electron chi connectivity index (χ1n) is 14.0. The third-order valence-electron chi connectivity index (χ3n) is 7.11. The summed E-state index contributed by atoms with van der Waals surface area (Å²) in [5.41, 5.74) is 3.15. The van der Waals surface area contributed by atoms with Gasteiger partial charge in [0.2, 0.25) is 0 Å². The van der Waals surface area contributed by atoms with Crippen molar-refractivity contribution in [1.29, 1.82) is 0 Å². The summed E-state index contributed by atoms with van der Waals surface area (Å²) in [4.78, 5) is 33.1. The zero-order valence-corrected chi connectivity index (χ0v) is 27.9. The Morgan fingerprint density at radius 1 is 1.00 bits per heavy atom. The molecule has 0 spiro atoms.